The van der Waals surface area contributed by atoms with E-state index in [9.17, 15) is 4.39 Å². The van der Waals surface area contributed by atoms with E-state index in [1.165, 1.54) is 6.07 Å². The van der Waals surface area contributed by atoms with Gasteiger partial charge in [0.05, 0.1) is 5.02 Å². The minimum Gasteiger partial charge on any atom is -0.368 e. The molecule has 0 spiro atoms. The number of nitrogens with one attached hydrogen (secondary N) is 1. The number of rotatable bonds is 4. The van der Waals surface area contributed by atoms with Crippen LogP contribution in [0.15, 0.2) is 42.7 Å². The second-order valence-corrected chi connectivity index (χ2v) is 4.93. The molecule has 22 heavy (non-hydrogen) atoms. The van der Waals surface area contributed by atoms with Gasteiger partial charge in [-0.15, -0.1) is 0 Å². The van der Waals surface area contributed by atoms with Crippen LogP contribution in [0.4, 0.5) is 16.2 Å². The number of nitrogens with zero attached hydrogens (tertiary/aromatic N) is 4. The molecule has 0 saturated heterocycles. The zero-order valence-corrected chi connectivity index (χ0v) is 12.1. The monoisotopic (exact) mass is 318 g/mol. The number of aromatic nitrogens is 4. The quantitative estimate of drug-likeness (QED) is 0.773. The summed E-state index contributed by atoms with van der Waals surface area (Å²) in [6.07, 6.45) is 3.40. The maximum atomic E-state index is 13.1. The second kappa shape index (κ2) is 5.98. The Labute approximate surface area is 130 Å². The molecule has 0 saturated carbocycles. The van der Waals surface area contributed by atoms with Crippen LogP contribution in [-0.2, 0) is 6.54 Å². The third-order valence-corrected chi connectivity index (χ3v) is 3.22. The van der Waals surface area contributed by atoms with E-state index in [0.29, 0.717) is 18.2 Å². The molecule has 3 N–H and O–H groups in total. The van der Waals surface area contributed by atoms with Crippen LogP contribution in [0.3, 0.4) is 0 Å². The maximum Gasteiger partial charge on any atom is 0.224 e. The predicted molar refractivity (Wildman–Crippen MR) is 82.3 cm³/mol. The minimum absolute atomic E-state index is 0.0822. The summed E-state index contributed by atoms with van der Waals surface area (Å²) < 4.78 is 14.7. The summed E-state index contributed by atoms with van der Waals surface area (Å²) in [5.74, 6) is 0.779. The normalized spacial score (nSPS) is 10.6. The van der Waals surface area contributed by atoms with Crippen LogP contribution in [0.1, 0.15) is 5.56 Å². The third kappa shape index (κ3) is 3.15. The zero-order valence-electron chi connectivity index (χ0n) is 11.4. The first-order valence-corrected chi connectivity index (χ1v) is 6.82. The van der Waals surface area contributed by atoms with E-state index in [2.05, 4.69) is 20.4 Å². The lowest BCUT2D eigenvalue weighted by Crippen LogP contribution is -2.08. The summed E-state index contributed by atoms with van der Waals surface area (Å²) in [5.41, 5.74) is 6.53. The van der Waals surface area contributed by atoms with Crippen LogP contribution in [0.5, 0.6) is 0 Å². The van der Waals surface area contributed by atoms with Crippen molar-refractivity contribution < 1.29 is 4.39 Å². The number of halogens is 2. The molecule has 8 heteroatoms. The van der Waals surface area contributed by atoms with Crippen LogP contribution in [0.25, 0.3) is 5.82 Å². The van der Waals surface area contributed by atoms with Crippen molar-refractivity contribution >= 4 is 23.4 Å². The number of benzene rings is 1. The molecule has 0 amide bonds. The second-order valence-electron chi connectivity index (χ2n) is 4.52. The van der Waals surface area contributed by atoms with E-state index in [1.54, 1.807) is 41.3 Å². The van der Waals surface area contributed by atoms with Crippen molar-refractivity contribution in [2.75, 3.05) is 11.1 Å². The molecule has 0 aliphatic carbocycles. The smallest absolute Gasteiger partial charge is 0.224 e. The fraction of sp³-hybridized carbons (Fsp3) is 0.0714. The lowest BCUT2D eigenvalue weighted by molar-refractivity contribution is 0.627. The standard InChI is InChI=1S/C14H12ClFN6/c15-10-6-9(2-3-11(10)16)8-18-12-7-13(21-14(17)20-12)22-5-1-4-19-22/h1-7H,8H2,(H3,17,18,20,21). The van der Waals surface area contributed by atoms with E-state index in [-0.39, 0.29) is 11.0 Å². The Kier molecular flexibility index (Phi) is 3.88. The van der Waals surface area contributed by atoms with E-state index >= 15 is 0 Å². The molecule has 0 bridgehead atoms. The van der Waals surface area contributed by atoms with Gasteiger partial charge < -0.3 is 11.1 Å². The number of anilines is 2. The summed E-state index contributed by atoms with van der Waals surface area (Å²) >= 11 is 5.75. The van der Waals surface area contributed by atoms with Crippen molar-refractivity contribution in [3.63, 3.8) is 0 Å². The lowest BCUT2D eigenvalue weighted by Gasteiger charge is -2.09. The minimum atomic E-state index is -0.447. The molecule has 112 valence electrons. The van der Waals surface area contributed by atoms with Gasteiger partial charge in [-0.05, 0) is 23.8 Å². The Morgan fingerprint density at radius 1 is 1.27 bits per heavy atom. The van der Waals surface area contributed by atoms with Crippen molar-refractivity contribution in [2.45, 2.75) is 6.54 Å². The van der Waals surface area contributed by atoms with Crippen LogP contribution >= 0.6 is 11.6 Å². The average molecular weight is 319 g/mol. The predicted octanol–water partition coefficient (Wildman–Crippen LogP) is 2.65. The molecule has 0 aliphatic heterocycles. The highest BCUT2D eigenvalue weighted by atomic mass is 35.5. The lowest BCUT2D eigenvalue weighted by atomic mass is 10.2. The molecule has 0 unspecified atom stereocenters. The first kappa shape index (κ1) is 14.3. The Morgan fingerprint density at radius 2 is 2.14 bits per heavy atom. The molecule has 6 nitrogen and oxygen atoms in total. The van der Waals surface area contributed by atoms with Crippen molar-refractivity contribution in [3.8, 4) is 5.82 Å². The Balaban J connectivity index is 1.79. The summed E-state index contributed by atoms with van der Waals surface area (Å²) in [6.45, 7) is 0.426. The fourth-order valence-corrected chi connectivity index (χ4v) is 2.11. The van der Waals surface area contributed by atoms with Gasteiger partial charge in [-0.3, -0.25) is 0 Å². The largest absolute Gasteiger partial charge is 0.368 e. The highest BCUT2D eigenvalue weighted by Crippen LogP contribution is 2.17. The average Bonchev–Trinajstić information content (AvgIpc) is 3.02. The van der Waals surface area contributed by atoms with E-state index in [4.69, 9.17) is 17.3 Å². The first-order valence-electron chi connectivity index (χ1n) is 6.44. The SMILES string of the molecule is Nc1nc(NCc2ccc(F)c(Cl)c2)cc(-n2cccn2)n1. The fourth-order valence-electron chi connectivity index (χ4n) is 1.91. The molecular weight excluding hydrogens is 307 g/mol. The van der Waals surface area contributed by atoms with Gasteiger partial charge in [0.1, 0.15) is 11.6 Å². The summed E-state index contributed by atoms with van der Waals surface area (Å²) in [6, 6.07) is 8.03. The molecular formula is C14H12ClFN6. The number of nitrogens with two attached hydrogens (primary N) is 1. The highest BCUT2D eigenvalue weighted by molar-refractivity contribution is 6.30. The molecule has 0 radical (unpaired) electrons. The van der Waals surface area contributed by atoms with Gasteiger partial charge in [0.25, 0.3) is 0 Å². The topological polar surface area (TPSA) is 81.6 Å². The molecule has 3 rings (SSSR count). The number of hydrogen-bond acceptors (Lipinski definition) is 5. The van der Waals surface area contributed by atoms with Gasteiger partial charge in [0, 0.05) is 25.0 Å². The Bertz CT molecular complexity index is 790. The molecule has 0 aliphatic rings. The van der Waals surface area contributed by atoms with Gasteiger partial charge >= 0.3 is 0 Å². The maximum absolute atomic E-state index is 13.1. The van der Waals surface area contributed by atoms with Crippen molar-refractivity contribution in [1.82, 2.24) is 19.7 Å². The highest BCUT2D eigenvalue weighted by Gasteiger charge is 2.06. The van der Waals surface area contributed by atoms with Crippen LogP contribution in [0, 0.1) is 5.82 Å². The molecule has 2 aromatic heterocycles. The van der Waals surface area contributed by atoms with E-state index in [0.717, 1.165) is 5.56 Å². The molecule has 0 fully saturated rings. The van der Waals surface area contributed by atoms with Crippen LogP contribution < -0.4 is 11.1 Å². The Morgan fingerprint density at radius 3 is 2.86 bits per heavy atom. The molecule has 2 heterocycles. The third-order valence-electron chi connectivity index (χ3n) is 2.93. The van der Waals surface area contributed by atoms with Crippen LogP contribution in [-0.4, -0.2) is 19.7 Å². The van der Waals surface area contributed by atoms with Gasteiger partial charge in [0.15, 0.2) is 5.82 Å². The molecule has 3 aromatic rings. The molecule has 1 aromatic carbocycles. The van der Waals surface area contributed by atoms with Crippen LogP contribution in [0.2, 0.25) is 5.02 Å². The first-order chi connectivity index (χ1) is 10.6. The zero-order chi connectivity index (χ0) is 15.5. The van der Waals surface area contributed by atoms with Gasteiger partial charge in [-0.2, -0.15) is 15.1 Å². The van der Waals surface area contributed by atoms with Gasteiger partial charge in [-0.1, -0.05) is 17.7 Å². The van der Waals surface area contributed by atoms with Crippen molar-refractivity contribution in [3.05, 3.63) is 59.1 Å². The van der Waals surface area contributed by atoms with E-state index < -0.39 is 5.82 Å². The van der Waals surface area contributed by atoms with Crippen molar-refractivity contribution in [2.24, 2.45) is 0 Å². The summed E-state index contributed by atoms with van der Waals surface area (Å²) in [5, 5.41) is 7.27. The number of hydrogen-bond donors (Lipinski definition) is 2. The summed E-state index contributed by atoms with van der Waals surface area (Å²) in [4.78, 5) is 8.22. The Hall–Kier alpha value is -2.67. The van der Waals surface area contributed by atoms with Gasteiger partial charge in [-0.25, -0.2) is 9.07 Å². The van der Waals surface area contributed by atoms with E-state index in [1.807, 2.05) is 0 Å². The van der Waals surface area contributed by atoms with Gasteiger partial charge in [0.2, 0.25) is 5.95 Å². The summed E-state index contributed by atoms with van der Waals surface area (Å²) in [7, 11) is 0. The number of nitrogen functional groups attached to an aromatic ring is 1. The molecule has 0 atom stereocenters. The van der Waals surface area contributed by atoms with Crippen molar-refractivity contribution in [1.29, 1.82) is 0 Å².